The lowest BCUT2D eigenvalue weighted by Crippen LogP contribution is -2.25. The maximum atomic E-state index is 4.13. The van der Waals surface area contributed by atoms with Gasteiger partial charge in [0.2, 0.25) is 5.66 Å². The molecule has 0 atom stereocenters. The molecule has 0 saturated carbocycles. The lowest BCUT2D eigenvalue weighted by atomic mass is 9.90. The molecule has 1 aromatic carbocycles. The second kappa shape index (κ2) is 3.29. The summed E-state index contributed by atoms with van der Waals surface area (Å²) in [6.45, 7) is 4.13. The Bertz CT molecular complexity index is 355. The smallest absolute Gasteiger partial charge is 0.129 e. The molecule has 4 nitrogen and oxygen atoms in total. The van der Waals surface area contributed by atoms with Crippen molar-refractivity contribution in [2.24, 2.45) is 26.6 Å². The highest BCUT2D eigenvalue weighted by Crippen LogP contribution is 2.38. The Morgan fingerprint density at radius 1 is 1.00 bits per heavy atom. The summed E-state index contributed by atoms with van der Waals surface area (Å²) in [6, 6.07) is 9.93. The Labute approximate surface area is 82.7 Å². The van der Waals surface area contributed by atoms with Gasteiger partial charge in [-0.15, -0.1) is 10.2 Å². The van der Waals surface area contributed by atoms with Crippen molar-refractivity contribution in [3.63, 3.8) is 0 Å². The van der Waals surface area contributed by atoms with E-state index in [1.54, 1.807) is 0 Å². The third kappa shape index (κ3) is 1.23. The van der Waals surface area contributed by atoms with Crippen molar-refractivity contribution >= 4 is 0 Å². The van der Waals surface area contributed by atoms with Gasteiger partial charge in [0.1, 0.15) is 0 Å². The van der Waals surface area contributed by atoms with Gasteiger partial charge in [0.15, 0.2) is 0 Å². The summed E-state index contributed by atoms with van der Waals surface area (Å²) in [6.07, 6.45) is 0. The van der Waals surface area contributed by atoms with E-state index >= 15 is 0 Å². The van der Waals surface area contributed by atoms with Crippen molar-refractivity contribution in [2.75, 3.05) is 0 Å². The molecule has 1 aliphatic rings. The fourth-order valence-corrected chi connectivity index (χ4v) is 1.56. The number of nitrogens with zero attached hydrogens (tertiary/aromatic N) is 4. The molecule has 0 aliphatic carbocycles. The zero-order valence-electron chi connectivity index (χ0n) is 8.25. The van der Waals surface area contributed by atoms with Crippen LogP contribution >= 0.6 is 0 Å². The van der Waals surface area contributed by atoms with Crippen LogP contribution in [0.3, 0.4) is 0 Å². The van der Waals surface area contributed by atoms with Crippen LogP contribution in [-0.4, -0.2) is 0 Å². The van der Waals surface area contributed by atoms with Crippen LogP contribution in [0, 0.1) is 5.92 Å². The standard InChI is InChI=1S/C10H12N4/c1-8(2)10(11-13-14-12-10)9-6-4-3-5-7-9/h3-8H,1-2H3. The van der Waals surface area contributed by atoms with Gasteiger partial charge in [-0.3, -0.25) is 0 Å². The highest BCUT2D eigenvalue weighted by molar-refractivity contribution is 5.24. The number of benzene rings is 1. The van der Waals surface area contributed by atoms with E-state index in [2.05, 4.69) is 34.5 Å². The molecule has 0 amide bonds. The molecular weight excluding hydrogens is 176 g/mol. The van der Waals surface area contributed by atoms with Crippen LogP contribution in [0.4, 0.5) is 0 Å². The lowest BCUT2D eigenvalue weighted by molar-refractivity contribution is 0.330. The molecule has 4 heteroatoms. The molecule has 1 aromatic rings. The Kier molecular flexibility index (Phi) is 2.11. The predicted molar refractivity (Wildman–Crippen MR) is 52.7 cm³/mol. The van der Waals surface area contributed by atoms with E-state index in [4.69, 9.17) is 0 Å². The summed E-state index contributed by atoms with van der Waals surface area (Å²) in [4.78, 5) is 0. The van der Waals surface area contributed by atoms with Gasteiger partial charge in [-0.2, -0.15) is 0 Å². The lowest BCUT2D eigenvalue weighted by Gasteiger charge is -2.23. The Morgan fingerprint density at radius 3 is 2.07 bits per heavy atom. The van der Waals surface area contributed by atoms with Gasteiger partial charge in [-0.1, -0.05) is 44.2 Å². The fourth-order valence-electron chi connectivity index (χ4n) is 1.56. The molecule has 1 heterocycles. The number of hydrogen-bond acceptors (Lipinski definition) is 4. The van der Waals surface area contributed by atoms with E-state index in [-0.39, 0.29) is 5.92 Å². The minimum atomic E-state index is -0.596. The predicted octanol–water partition coefficient (Wildman–Crippen LogP) is 3.33. The van der Waals surface area contributed by atoms with Gasteiger partial charge < -0.3 is 0 Å². The minimum Gasteiger partial charge on any atom is -0.129 e. The molecule has 0 N–H and O–H groups in total. The Hall–Kier alpha value is -1.58. The van der Waals surface area contributed by atoms with Crippen molar-refractivity contribution in [1.29, 1.82) is 0 Å². The maximum Gasteiger partial charge on any atom is 0.222 e. The van der Waals surface area contributed by atoms with Gasteiger partial charge in [-0.25, -0.2) is 0 Å². The topological polar surface area (TPSA) is 49.4 Å². The first-order valence-corrected chi connectivity index (χ1v) is 4.65. The van der Waals surface area contributed by atoms with Crippen molar-refractivity contribution in [3.8, 4) is 0 Å². The SMILES string of the molecule is CC(C)C1(c2ccccc2)N=NN=N1. The largest absolute Gasteiger partial charge is 0.222 e. The third-order valence-electron chi connectivity index (χ3n) is 2.44. The summed E-state index contributed by atoms with van der Waals surface area (Å²) in [5.74, 6) is 0.250. The van der Waals surface area contributed by atoms with Crippen molar-refractivity contribution < 1.29 is 0 Å². The van der Waals surface area contributed by atoms with Gasteiger partial charge in [0, 0.05) is 11.5 Å². The summed E-state index contributed by atoms with van der Waals surface area (Å²) in [5, 5.41) is 15.5. The second-order valence-corrected chi connectivity index (χ2v) is 3.63. The molecule has 0 aromatic heterocycles. The van der Waals surface area contributed by atoms with Crippen LogP contribution in [0.1, 0.15) is 19.4 Å². The van der Waals surface area contributed by atoms with Crippen molar-refractivity contribution in [1.82, 2.24) is 0 Å². The van der Waals surface area contributed by atoms with Crippen LogP contribution in [0.25, 0.3) is 0 Å². The number of hydrogen-bond donors (Lipinski definition) is 0. The first-order valence-electron chi connectivity index (χ1n) is 4.65. The summed E-state index contributed by atoms with van der Waals surface area (Å²) in [7, 11) is 0. The van der Waals surface area contributed by atoms with E-state index in [1.165, 1.54) is 0 Å². The van der Waals surface area contributed by atoms with E-state index in [1.807, 2.05) is 30.3 Å². The molecular formula is C10H12N4. The molecule has 0 fully saturated rings. The normalized spacial score (nSPS) is 17.9. The van der Waals surface area contributed by atoms with Crippen LogP contribution in [0.2, 0.25) is 0 Å². The molecule has 0 unspecified atom stereocenters. The molecule has 0 saturated heterocycles. The Balaban J connectivity index is 2.48. The van der Waals surface area contributed by atoms with Crippen molar-refractivity contribution in [2.45, 2.75) is 19.5 Å². The molecule has 0 radical (unpaired) electrons. The molecule has 14 heavy (non-hydrogen) atoms. The average Bonchev–Trinajstić information content (AvgIpc) is 2.69. The first kappa shape index (κ1) is 8.99. The highest BCUT2D eigenvalue weighted by Gasteiger charge is 2.38. The highest BCUT2D eigenvalue weighted by atomic mass is 15.6. The average molecular weight is 188 g/mol. The molecule has 0 spiro atoms. The van der Waals surface area contributed by atoms with E-state index in [9.17, 15) is 0 Å². The third-order valence-corrected chi connectivity index (χ3v) is 2.44. The quantitative estimate of drug-likeness (QED) is 0.683. The fraction of sp³-hybridized carbons (Fsp3) is 0.400. The van der Waals surface area contributed by atoms with Crippen molar-refractivity contribution in [3.05, 3.63) is 35.9 Å². The summed E-state index contributed by atoms with van der Waals surface area (Å²) < 4.78 is 0. The second-order valence-electron chi connectivity index (χ2n) is 3.63. The van der Waals surface area contributed by atoms with Crippen LogP contribution in [0.15, 0.2) is 51.0 Å². The molecule has 1 aliphatic heterocycles. The van der Waals surface area contributed by atoms with Crippen LogP contribution < -0.4 is 0 Å². The van der Waals surface area contributed by atoms with Gasteiger partial charge in [0.05, 0.1) is 0 Å². The molecule has 2 rings (SSSR count). The van der Waals surface area contributed by atoms with E-state index < -0.39 is 5.66 Å². The molecule has 0 bridgehead atoms. The minimum absolute atomic E-state index is 0.250. The van der Waals surface area contributed by atoms with Gasteiger partial charge in [0.25, 0.3) is 0 Å². The van der Waals surface area contributed by atoms with Crippen LogP contribution in [-0.2, 0) is 5.66 Å². The van der Waals surface area contributed by atoms with Crippen LogP contribution in [0.5, 0.6) is 0 Å². The molecule has 72 valence electrons. The van der Waals surface area contributed by atoms with Gasteiger partial charge in [-0.05, 0) is 10.4 Å². The zero-order valence-corrected chi connectivity index (χ0v) is 8.25. The van der Waals surface area contributed by atoms with Gasteiger partial charge >= 0.3 is 0 Å². The maximum absolute atomic E-state index is 4.13. The van der Waals surface area contributed by atoms with E-state index in [0.717, 1.165) is 5.56 Å². The van der Waals surface area contributed by atoms with E-state index in [0.29, 0.717) is 0 Å². The summed E-state index contributed by atoms with van der Waals surface area (Å²) in [5.41, 5.74) is 0.446. The summed E-state index contributed by atoms with van der Waals surface area (Å²) >= 11 is 0. The Morgan fingerprint density at radius 2 is 1.57 bits per heavy atom. The monoisotopic (exact) mass is 188 g/mol. The first-order chi connectivity index (χ1) is 6.76. The number of rotatable bonds is 2. The zero-order chi connectivity index (χ0) is 10.0.